The third kappa shape index (κ3) is 3.98. The van der Waals surface area contributed by atoms with Gasteiger partial charge in [-0.15, -0.1) is 22.7 Å². The van der Waals surface area contributed by atoms with Crippen molar-refractivity contribution in [2.75, 3.05) is 0 Å². The van der Waals surface area contributed by atoms with E-state index in [1.807, 2.05) is 35.0 Å². The van der Waals surface area contributed by atoms with Crippen LogP contribution in [-0.2, 0) is 23.1 Å². The van der Waals surface area contributed by atoms with Crippen molar-refractivity contribution in [1.82, 2.24) is 4.31 Å². The largest absolute Gasteiger partial charge is 0.306 e. The molecular formula is C16H13FN2O4S3. The maximum atomic E-state index is 13.6. The van der Waals surface area contributed by atoms with Crippen LogP contribution in [0.3, 0.4) is 0 Å². The van der Waals surface area contributed by atoms with Crippen molar-refractivity contribution in [1.29, 1.82) is 0 Å². The smallest absolute Gasteiger partial charge is 0.258 e. The second-order valence-electron chi connectivity index (χ2n) is 5.30. The minimum absolute atomic E-state index is 0.128. The summed E-state index contributed by atoms with van der Waals surface area (Å²) < 4.78 is 40.9. The fourth-order valence-electron chi connectivity index (χ4n) is 2.32. The zero-order valence-corrected chi connectivity index (χ0v) is 15.7. The van der Waals surface area contributed by atoms with Gasteiger partial charge in [0.2, 0.25) is 15.8 Å². The highest BCUT2D eigenvalue weighted by Gasteiger charge is 2.28. The molecule has 0 bridgehead atoms. The first-order valence-electron chi connectivity index (χ1n) is 7.37. The van der Waals surface area contributed by atoms with Gasteiger partial charge in [-0.05, 0) is 35.0 Å². The van der Waals surface area contributed by atoms with Crippen LogP contribution in [0.4, 0.5) is 10.1 Å². The summed E-state index contributed by atoms with van der Waals surface area (Å²) in [6.45, 7) is 0.256. The van der Waals surface area contributed by atoms with Gasteiger partial charge in [-0.2, -0.15) is 8.70 Å². The van der Waals surface area contributed by atoms with Crippen LogP contribution in [0.15, 0.2) is 58.1 Å². The molecule has 0 aliphatic heterocycles. The van der Waals surface area contributed by atoms with Crippen molar-refractivity contribution in [2.45, 2.75) is 18.0 Å². The van der Waals surface area contributed by atoms with E-state index in [-0.39, 0.29) is 18.0 Å². The Hall–Kier alpha value is -2.14. The molecule has 2 aromatic heterocycles. The Kier molecular flexibility index (Phi) is 5.47. The monoisotopic (exact) mass is 412 g/mol. The van der Waals surface area contributed by atoms with Crippen molar-refractivity contribution in [3.63, 3.8) is 0 Å². The molecule has 0 atom stereocenters. The van der Waals surface area contributed by atoms with Crippen LogP contribution in [0.1, 0.15) is 9.75 Å². The molecule has 0 N–H and O–H groups in total. The van der Waals surface area contributed by atoms with Crippen LogP contribution in [-0.4, -0.2) is 17.6 Å². The highest BCUT2D eigenvalue weighted by atomic mass is 32.2. The highest BCUT2D eigenvalue weighted by Crippen LogP contribution is 2.27. The Bertz CT molecular complexity index is 966. The first-order chi connectivity index (χ1) is 12.4. The van der Waals surface area contributed by atoms with Crippen LogP contribution in [0, 0.1) is 15.9 Å². The van der Waals surface area contributed by atoms with Crippen LogP contribution in [0.2, 0.25) is 0 Å². The van der Waals surface area contributed by atoms with E-state index in [0.29, 0.717) is 0 Å². The number of nitro benzene ring substituents is 1. The fourth-order valence-corrected chi connectivity index (χ4v) is 5.34. The summed E-state index contributed by atoms with van der Waals surface area (Å²) >= 11 is 2.83. The number of benzene rings is 1. The molecule has 3 rings (SSSR count). The Balaban J connectivity index is 2.00. The van der Waals surface area contributed by atoms with E-state index in [2.05, 4.69) is 0 Å². The number of hydrogen-bond donors (Lipinski definition) is 0. The topological polar surface area (TPSA) is 80.5 Å². The molecule has 1 aromatic carbocycles. The normalized spacial score (nSPS) is 11.8. The molecule has 26 heavy (non-hydrogen) atoms. The quantitative estimate of drug-likeness (QED) is 0.429. The van der Waals surface area contributed by atoms with E-state index < -0.39 is 26.5 Å². The molecule has 0 aliphatic rings. The average molecular weight is 412 g/mol. The molecule has 3 aromatic rings. The summed E-state index contributed by atoms with van der Waals surface area (Å²) in [5.41, 5.74) is -0.863. The van der Waals surface area contributed by atoms with Gasteiger partial charge in [-0.25, -0.2) is 8.42 Å². The number of hydrogen-bond acceptors (Lipinski definition) is 6. The third-order valence-corrected chi connectivity index (χ3v) is 7.09. The summed E-state index contributed by atoms with van der Waals surface area (Å²) in [6, 6.07) is 9.88. The Labute approximate surface area is 157 Å². The van der Waals surface area contributed by atoms with E-state index >= 15 is 0 Å². The second-order valence-corrected chi connectivity index (χ2v) is 9.30. The molecule has 0 amide bonds. The molecule has 0 saturated carbocycles. The van der Waals surface area contributed by atoms with Gasteiger partial charge < -0.3 is 0 Å². The lowest BCUT2D eigenvalue weighted by molar-refractivity contribution is -0.387. The molecule has 0 radical (unpaired) electrons. The lowest BCUT2D eigenvalue weighted by atomic mass is 10.3. The Morgan fingerprint density at radius 2 is 1.62 bits per heavy atom. The first kappa shape index (κ1) is 18.6. The minimum atomic E-state index is -4.05. The zero-order valence-electron chi connectivity index (χ0n) is 13.2. The lowest BCUT2D eigenvalue weighted by Crippen LogP contribution is -2.29. The first-order valence-corrected chi connectivity index (χ1v) is 10.6. The standard InChI is InChI=1S/C16H13FN2O4S3/c17-15-6-5-14(9-16(15)19(20)21)26(22,23)18(10-12-3-1-7-24-12)11-13-4-2-8-25-13/h1-9H,10-11H2. The molecule has 6 nitrogen and oxygen atoms in total. The van der Waals surface area contributed by atoms with Gasteiger partial charge in [-0.1, -0.05) is 12.1 Å². The predicted octanol–water partition coefficient (Wildman–Crippen LogP) is 4.25. The van der Waals surface area contributed by atoms with Gasteiger partial charge >= 0.3 is 5.69 Å². The van der Waals surface area contributed by atoms with Crippen molar-refractivity contribution in [2.24, 2.45) is 0 Å². The van der Waals surface area contributed by atoms with Gasteiger partial charge in [0.1, 0.15) is 0 Å². The summed E-state index contributed by atoms with van der Waals surface area (Å²) in [7, 11) is -4.05. The molecule has 0 saturated heterocycles. The minimum Gasteiger partial charge on any atom is -0.258 e. The van der Waals surface area contributed by atoms with Crippen LogP contribution >= 0.6 is 22.7 Å². The van der Waals surface area contributed by atoms with Crippen LogP contribution < -0.4 is 0 Å². The summed E-state index contributed by atoms with van der Waals surface area (Å²) in [5.74, 6) is -1.07. The van der Waals surface area contributed by atoms with Gasteiger partial charge in [0.25, 0.3) is 0 Å². The molecule has 2 heterocycles. The zero-order chi connectivity index (χ0) is 18.7. The number of nitrogens with zero attached hydrogens (tertiary/aromatic N) is 2. The van der Waals surface area contributed by atoms with Crippen LogP contribution in [0.5, 0.6) is 0 Å². The van der Waals surface area contributed by atoms with E-state index in [9.17, 15) is 22.9 Å². The molecule has 10 heteroatoms. The maximum absolute atomic E-state index is 13.6. The van der Waals surface area contributed by atoms with E-state index in [4.69, 9.17) is 0 Å². The number of sulfonamides is 1. The van der Waals surface area contributed by atoms with Crippen molar-refractivity contribution >= 4 is 38.4 Å². The maximum Gasteiger partial charge on any atom is 0.306 e. The lowest BCUT2D eigenvalue weighted by Gasteiger charge is -2.21. The van der Waals surface area contributed by atoms with Crippen molar-refractivity contribution < 1.29 is 17.7 Å². The number of rotatable bonds is 7. The molecule has 0 fully saturated rings. The third-order valence-electron chi connectivity index (χ3n) is 3.58. The Morgan fingerprint density at radius 1 is 1.04 bits per heavy atom. The van der Waals surface area contributed by atoms with E-state index in [1.165, 1.54) is 27.0 Å². The van der Waals surface area contributed by atoms with Crippen molar-refractivity contribution in [3.8, 4) is 0 Å². The second kappa shape index (κ2) is 7.62. The van der Waals surface area contributed by atoms with Crippen LogP contribution in [0.25, 0.3) is 0 Å². The molecule has 136 valence electrons. The number of thiophene rings is 2. The SMILES string of the molecule is O=[N+]([O-])c1cc(S(=O)(=O)N(Cc2cccs2)Cc2cccs2)ccc1F. The van der Waals surface area contributed by atoms with Gasteiger partial charge in [-0.3, -0.25) is 10.1 Å². The summed E-state index contributed by atoms with van der Waals surface area (Å²) in [4.78, 5) is 11.4. The van der Waals surface area contributed by atoms with Crippen molar-refractivity contribution in [3.05, 3.63) is 78.9 Å². The molecule has 0 aliphatic carbocycles. The van der Waals surface area contributed by atoms with E-state index in [0.717, 1.165) is 28.0 Å². The predicted molar refractivity (Wildman–Crippen MR) is 98.1 cm³/mol. The number of nitro groups is 1. The average Bonchev–Trinajstić information content (AvgIpc) is 3.28. The molecular weight excluding hydrogens is 399 g/mol. The number of halogens is 1. The van der Waals surface area contributed by atoms with E-state index in [1.54, 1.807) is 0 Å². The summed E-state index contributed by atoms with van der Waals surface area (Å²) in [5, 5.41) is 14.6. The molecule has 0 unspecified atom stereocenters. The van der Waals surface area contributed by atoms with Gasteiger partial charge in [0.15, 0.2) is 0 Å². The molecule has 0 spiro atoms. The Morgan fingerprint density at radius 3 is 2.08 bits per heavy atom. The van der Waals surface area contributed by atoms with Gasteiger partial charge in [0.05, 0.1) is 9.82 Å². The summed E-state index contributed by atoms with van der Waals surface area (Å²) in [6.07, 6.45) is 0. The fraction of sp³-hybridized carbons (Fsp3) is 0.125. The highest BCUT2D eigenvalue weighted by molar-refractivity contribution is 7.89. The van der Waals surface area contributed by atoms with Gasteiger partial charge in [0, 0.05) is 28.9 Å².